The molecule has 0 spiro atoms. The van der Waals surface area contributed by atoms with Crippen LogP contribution in [0.2, 0.25) is 0 Å². The zero-order chi connectivity index (χ0) is 5.82. The molecule has 0 unspecified atom stereocenters. The van der Waals surface area contributed by atoms with Gasteiger partial charge in [0.05, 0.1) is 0 Å². The lowest BCUT2D eigenvalue weighted by Crippen LogP contribution is -1.81. The van der Waals surface area contributed by atoms with Crippen molar-refractivity contribution in [3.8, 4) is 0 Å². The number of rotatable bonds is 2. The summed E-state index contributed by atoms with van der Waals surface area (Å²) >= 11 is 0. The molecule has 8 heavy (non-hydrogen) atoms. The third-order valence-corrected chi connectivity index (χ3v) is 1.25. The summed E-state index contributed by atoms with van der Waals surface area (Å²) < 4.78 is 0. The first-order valence-electron chi connectivity index (χ1n) is 2.90. The van der Waals surface area contributed by atoms with Crippen LogP contribution in [0, 0.1) is 0 Å². The van der Waals surface area contributed by atoms with Crippen LogP contribution in [0.1, 0.15) is 12.8 Å². The Morgan fingerprint density at radius 2 is 2.50 bits per heavy atom. The number of allylic oxidation sites excluding steroid dienone is 3. The molecule has 0 aromatic carbocycles. The molecule has 0 radical (unpaired) electrons. The summed E-state index contributed by atoms with van der Waals surface area (Å²) in [5.41, 5.74) is 1.27. The Labute approximate surface area is 49.3 Å². The minimum absolute atomic E-state index is 0.274. The molecule has 1 aliphatic rings. The van der Waals surface area contributed by atoms with E-state index in [0.29, 0.717) is 0 Å². The molecule has 0 aliphatic heterocycles. The minimum Gasteiger partial charge on any atom is -0.396 e. The minimum atomic E-state index is 0.274. The Hall–Kier alpha value is -0.560. The van der Waals surface area contributed by atoms with E-state index in [4.69, 9.17) is 5.11 Å². The van der Waals surface area contributed by atoms with E-state index in [1.807, 2.05) is 0 Å². The molecule has 0 amide bonds. The second-order valence-corrected chi connectivity index (χ2v) is 1.89. The monoisotopic (exact) mass is 110 g/mol. The van der Waals surface area contributed by atoms with Crippen LogP contribution in [0.25, 0.3) is 0 Å². The number of hydrogen-bond acceptors (Lipinski definition) is 1. The highest BCUT2D eigenvalue weighted by molar-refractivity contribution is 5.25. The Kier molecular flexibility index (Phi) is 1.86. The fourth-order valence-corrected chi connectivity index (χ4v) is 0.821. The first-order chi connectivity index (χ1) is 3.93. The summed E-state index contributed by atoms with van der Waals surface area (Å²) in [5.74, 6) is 0. The highest BCUT2D eigenvalue weighted by atomic mass is 16.2. The second kappa shape index (κ2) is 2.68. The van der Waals surface area contributed by atoms with Crippen molar-refractivity contribution in [1.29, 1.82) is 0 Å². The van der Waals surface area contributed by atoms with Gasteiger partial charge in [0.1, 0.15) is 0 Å². The van der Waals surface area contributed by atoms with Gasteiger partial charge in [-0.2, -0.15) is 0 Å². The fraction of sp³-hybridized carbons (Fsp3) is 0.429. The molecule has 0 aromatic rings. The Bertz CT molecular complexity index is 122. The van der Waals surface area contributed by atoms with Crippen LogP contribution in [0.4, 0.5) is 0 Å². The predicted octanol–water partition coefficient (Wildman–Crippen LogP) is 1.26. The van der Waals surface area contributed by atoms with E-state index >= 15 is 0 Å². The average molecular weight is 110 g/mol. The second-order valence-electron chi connectivity index (χ2n) is 1.89. The molecular weight excluding hydrogens is 100 g/mol. The van der Waals surface area contributed by atoms with Crippen molar-refractivity contribution in [2.24, 2.45) is 0 Å². The molecular formula is C7H10O. The number of hydrogen-bond donors (Lipinski definition) is 1. The lowest BCUT2D eigenvalue weighted by Gasteiger charge is -1.90. The Morgan fingerprint density at radius 3 is 3.00 bits per heavy atom. The van der Waals surface area contributed by atoms with E-state index in [1.54, 1.807) is 0 Å². The molecule has 0 saturated heterocycles. The molecule has 0 saturated carbocycles. The van der Waals surface area contributed by atoms with E-state index in [0.717, 1.165) is 12.8 Å². The maximum absolute atomic E-state index is 8.45. The first kappa shape index (κ1) is 5.57. The van der Waals surface area contributed by atoms with E-state index in [1.165, 1.54) is 5.57 Å². The van der Waals surface area contributed by atoms with Crippen LogP contribution < -0.4 is 0 Å². The molecule has 0 heterocycles. The maximum atomic E-state index is 8.45. The van der Waals surface area contributed by atoms with Crippen molar-refractivity contribution in [3.05, 3.63) is 23.8 Å². The van der Waals surface area contributed by atoms with E-state index in [2.05, 4.69) is 18.2 Å². The highest BCUT2D eigenvalue weighted by Crippen LogP contribution is 2.10. The summed E-state index contributed by atoms with van der Waals surface area (Å²) in [6.07, 6.45) is 8.17. The summed E-state index contributed by atoms with van der Waals surface area (Å²) in [5, 5.41) is 8.45. The molecule has 0 fully saturated rings. The summed E-state index contributed by atoms with van der Waals surface area (Å²) in [6, 6.07) is 0. The Balaban J connectivity index is 2.34. The van der Waals surface area contributed by atoms with Crippen LogP contribution in [0.5, 0.6) is 0 Å². The molecule has 0 bridgehead atoms. The Morgan fingerprint density at radius 1 is 1.62 bits per heavy atom. The van der Waals surface area contributed by atoms with Gasteiger partial charge in [0.25, 0.3) is 0 Å². The summed E-state index contributed by atoms with van der Waals surface area (Å²) in [6.45, 7) is 0.274. The van der Waals surface area contributed by atoms with Gasteiger partial charge in [-0.25, -0.2) is 0 Å². The molecule has 0 atom stereocenters. The van der Waals surface area contributed by atoms with Crippen LogP contribution >= 0.6 is 0 Å². The SMILES string of the molecule is OCCC1=CCC=C1. The van der Waals surface area contributed by atoms with Crippen molar-refractivity contribution in [1.82, 2.24) is 0 Å². The van der Waals surface area contributed by atoms with Gasteiger partial charge in [0, 0.05) is 6.61 Å². The normalized spacial score (nSPS) is 16.9. The van der Waals surface area contributed by atoms with Crippen LogP contribution in [-0.2, 0) is 0 Å². The molecule has 0 aromatic heterocycles. The van der Waals surface area contributed by atoms with Gasteiger partial charge in [0.2, 0.25) is 0 Å². The van der Waals surface area contributed by atoms with Crippen LogP contribution in [0.3, 0.4) is 0 Å². The summed E-state index contributed by atoms with van der Waals surface area (Å²) in [4.78, 5) is 0. The van der Waals surface area contributed by atoms with Gasteiger partial charge in [-0.15, -0.1) is 0 Å². The van der Waals surface area contributed by atoms with Crippen molar-refractivity contribution in [2.75, 3.05) is 6.61 Å². The number of aliphatic hydroxyl groups is 1. The third-order valence-electron chi connectivity index (χ3n) is 1.25. The molecule has 1 nitrogen and oxygen atoms in total. The standard InChI is InChI=1S/C7H10O/c8-6-5-7-3-1-2-4-7/h1,3-4,8H,2,5-6H2. The van der Waals surface area contributed by atoms with Gasteiger partial charge in [-0.05, 0) is 18.4 Å². The highest BCUT2D eigenvalue weighted by Gasteiger charge is 1.93. The lowest BCUT2D eigenvalue weighted by molar-refractivity contribution is 0.300. The first-order valence-corrected chi connectivity index (χ1v) is 2.90. The largest absolute Gasteiger partial charge is 0.396 e. The van der Waals surface area contributed by atoms with Crippen molar-refractivity contribution in [3.63, 3.8) is 0 Å². The molecule has 1 N–H and O–H groups in total. The van der Waals surface area contributed by atoms with E-state index in [9.17, 15) is 0 Å². The quantitative estimate of drug-likeness (QED) is 0.567. The van der Waals surface area contributed by atoms with E-state index in [-0.39, 0.29) is 6.61 Å². The van der Waals surface area contributed by atoms with E-state index < -0.39 is 0 Å². The molecule has 1 rings (SSSR count). The van der Waals surface area contributed by atoms with Crippen molar-refractivity contribution >= 4 is 0 Å². The average Bonchev–Trinajstić information content (AvgIpc) is 2.19. The zero-order valence-electron chi connectivity index (χ0n) is 4.80. The fourth-order valence-electron chi connectivity index (χ4n) is 0.821. The van der Waals surface area contributed by atoms with Crippen molar-refractivity contribution in [2.45, 2.75) is 12.8 Å². The van der Waals surface area contributed by atoms with Crippen LogP contribution in [0.15, 0.2) is 23.8 Å². The smallest absolute Gasteiger partial charge is 0.0471 e. The van der Waals surface area contributed by atoms with Gasteiger partial charge < -0.3 is 5.11 Å². The number of aliphatic hydroxyl groups excluding tert-OH is 1. The maximum Gasteiger partial charge on any atom is 0.0471 e. The van der Waals surface area contributed by atoms with Gasteiger partial charge in [-0.1, -0.05) is 18.2 Å². The van der Waals surface area contributed by atoms with Gasteiger partial charge >= 0.3 is 0 Å². The van der Waals surface area contributed by atoms with Gasteiger partial charge in [-0.3, -0.25) is 0 Å². The lowest BCUT2D eigenvalue weighted by atomic mass is 10.2. The molecule has 1 aliphatic carbocycles. The molecule has 1 heteroatoms. The predicted molar refractivity (Wildman–Crippen MR) is 33.5 cm³/mol. The van der Waals surface area contributed by atoms with Gasteiger partial charge in [0.15, 0.2) is 0 Å². The topological polar surface area (TPSA) is 20.2 Å². The molecule has 44 valence electrons. The van der Waals surface area contributed by atoms with Crippen molar-refractivity contribution < 1.29 is 5.11 Å². The van der Waals surface area contributed by atoms with Crippen LogP contribution in [-0.4, -0.2) is 11.7 Å². The summed E-state index contributed by atoms with van der Waals surface area (Å²) in [7, 11) is 0. The third kappa shape index (κ3) is 1.20. The zero-order valence-corrected chi connectivity index (χ0v) is 4.80.